The van der Waals surface area contributed by atoms with Crippen molar-refractivity contribution in [2.45, 2.75) is 13.1 Å². The predicted molar refractivity (Wildman–Crippen MR) is 137 cm³/mol. The number of piperazine rings is 1. The minimum Gasteiger partial charge on any atom is -0.439 e. The van der Waals surface area contributed by atoms with Crippen LogP contribution in [0.25, 0.3) is 0 Å². The van der Waals surface area contributed by atoms with E-state index in [1.807, 2.05) is 4.90 Å². The minimum absolute atomic E-state index is 0.0595. The molecule has 0 radical (unpaired) electrons. The highest BCUT2D eigenvalue weighted by Crippen LogP contribution is 2.35. The van der Waals surface area contributed by atoms with Gasteiger partial charge in [-0.25, -0.2) is 14.8 Å². The Morgan fingerprint density at radius 1 is 0.973 bits per heavy atom. The van der Waals surface area contributed by atoms with Crippen molar-refractivity contribution < 1.29 is 22.7 Å². The molecule has 1 aliphatic heterocycles. The Hall–Kier alpha value is -4.06. The zero-order chi connectivity index (χ0) is 26.4. The quantitative estimate of drug-likeness (QED) is 0.402. The third kappa shape index (κ3) is 7.00. The van der Waals surface area contributed by atoms with Gasteiger partial charge in [-0.2, -0.15) is 13.2 Å². The number of carbonyl (C=O) groups excluding carboxylic acids is 1. The van der Waals surface area contributed by atoms with Gasteiger partial charge < -0.3 is 30.5 Å². The van der Waals surface area contributed by atoms with Gasteiger partial charge in [-0.1, -0.05) is 6.92 Å². The topological polar surface area (TPSA) is 94.7 Å². The molecule has 2 amide bonds. The van der Waals surface area contributed by atoms with E-state index in [4.69, 9.17) is 4.74 Å². The van der Waals surface area contributed by atoms with Gasteiger partial charge in [0, 0.05) is 56.4 Å². The number of rotatable bonds is 7. The van der Waals surface area contributed by atoms with E-state index in [2.05, 4.69) is 37.7 Å². The third-order valence-corrected chi connectivity index (χ3v) is 5.92. The molecule has 196 valence electrons. The second-order valence-corrected chi connectivity index (χ2v) is 8.38. The fourth-order valence-electron chi connectivity index (χ4n) is 3.90. The molecule has 3 aromatic rings. The van der Waals surface area contributed by atoms with E-state index < -0.39 is 17.8 Å². The number of ether oxygens (including phenoxy) is 1. The lowest BCUT2D eigenvalue weighted by Crippen LogP contribution is -2.46. The van der Waals surface area contributed by atoms with Crippen LogP contribution in [0.1, 0.15) is 12.5 Å². The number of alkyl halides is 3. The zero-order valence-corrected chi connectivity index (χ0v) is 20.5. The Morgan fingerprint density at radius 2 is 1.68 bits per heavy atom. The van der Waals surface area contributed by atoms with Crippen LogP contribution in [0.2, 0.25) is 0 Å². The fraction of sp³-hybridized carbons (Fsp3) is 0.320. The van der Waals surface area contributed by atoms with Crippen molar-refractivity contribution in [1.82, 2.24) is 14.9 Å². The number of aromatic nitrogens is 2. The Balaban J connectivity index is 1.42. The molecule has 3 N–H and O–H groups in total. The van der Waals surface area contributed by atoms with Crippen LogP contribution in [0.15, 0.2) is 54.9 Å². The number of nitrogens with one attached hydrogen (secondary N) is 3. The molecule has 1 aromatic heterocycles. The van der Waals surface area contributed by atoms with Crippen molar-refractivity contribution in [3.63, 3.8) is 0 Å². The summed E-state index contributed by atoms with van der Waals surface area (Å²) >= 11 is 0. The highest BCUT2D eigenvalue weighted by molar-refractivity contribution is 6.00. The van der Waals surface area contributed by atoms with Crippen molar-refractivity contribution in [3.05, 3.63) is 60.4 Å². The summed E-state index contributed by atoms with van der Waals surface area (Å²) in [6.45, 7) is 5.71. The largest absolute Gasteiger partial charge is 0.439 e. The van der Waals surface area contributed by atoms with E-state index in [9.17, 15) is 18.0 Å². The van der Waals surface area contributed by atoms with E-state index in [0.717, 1.165) is 31.8 Å². The average Bonchev–Trinajstić information content (AvgIpc) is 2.89. The second-order valence-electron chi connectivity index (χ2n) is 8.38. The van der Waals surface area contributed by atoms with Crippen molar-refractivity contribution in [2.24, 2.45) is 0 Å². The lowest BCUT2D eigenvalue weighted by atomic mass is 10.1. The Labute approximate surface area is 212 Å². The van der Waals surface area contributed by atoms with Crippen LogP contribution < -0.4 is 25.6 Å². The monoisotopic (exact) mass is 515 g/mol. The second kappa shape index (κ2) is 11.3. The normalized spacial score (nSPS) is 14.2. The molecular formula is C25H28F3N7O2. The van der Waals surface area contributed by atoms with Gasteiger partial charge in [-0.15, -0.1) is 0 Å². The molecule has 0 unspecified atom stereocenters. The maximum atomic E-state index is 13.6. The first-order chi connectivity index (χ1) is 17.7. The summed E-state index contributed by atoms with van der Waals surface area (Å²) in [7, 11) is 1.73. The molecule has 1 fully saturated rings. The van der Waals surface area contributed by atoms with Gasteiger partial charge >= 0.3 is 12.2 Å². The summed E-state index contributed by atoms with van der Waals surface area (Å²) in [5.41, 5.74) is 0.107. The Bertz CT molecular complexity index is 1210. The molecule has 37 heavy (non-hydrogen) atoms. The standard InChI is InChI=1S/C25H28F3N7O2/c1-3-34-8-10-35(11-9-34)20-13-17(25(26,27)28)12-19(14-20)33-24(36)32-18-4-6-21(7-5-18)37-23-15-22(29-2)30-16-31-23/h4-7,12-16H,3,8-11H2,1-2H3,(H,29,30,31)(H2,32,33,36). The molecule has 0 aliphatic carbocycles. The Kier molecular flexibility index (Phi) is 7.97. The summed E-state index contributed by atoms with van der Waals surface area (Å²) in [5, 5.41) is 8.04. The van der Waals surface area contributed by atoms with Crippen LogP contribution >= 0.6 is 0 Å². The highest BCUT2D eigenvalue weighted by Gasteiger charge is 2.32. The van der Waals surface area contributed by atoms with Crippen LogP contribution in [0.4, 0.5) is 40.8 Å². The van der Waals surface area contributed by atoms with Gasteiger partial charge in [-0.05, 0) is 49.0 Å². The van der Waals surface area contributed by atoms with Gasteiger partial charge in [0.2, 0.25) is 5.88 Å². The maximum Gasteiger partial charge on any atom is 0.416 e. The Morgan fingerprint density at radius 3 is 2.32 bits per heavy atom. The molecule has 9 nitrogen and oxygen atoms in total. The number of carbonyl (C=O) groups is 1. The van der Waals surface area contributed by atoms with E-state index in [-0.39, 0.29) is 5.69 Å². The van der Waals surface area contributed by atoms with Crippen LogP contribution in [0, 0.1) is 0 Å². The van der Waals surface area contributed by atoms with E-state index >= 15 is 0 Å². The van der Waals surface area contributed by atoms with Crippen molar-refractivity contribution in [1.29, 1.82) is 0 Å². The average molecular weight is 516 g/mol. The van der Waals surface area contributed by atoms with Crippen LogP contribution in [-0.2, 0) is 6.18 Å². The minimum atomic E-state index is -4.54. The van der Waals surface area contributed by atoms with Crippen molar-refractivity contribution in [2.75, 3.05) is 60.6 Å². The summed E-state index contributed by atoms with van der Waals surface area (Å²) in [6.07, 6.45) is -3.17. The molecule has 2 aromatic carbocycles. The molecular weight excluding hydrogens is 487 g/mol. The van der Waals surface area contributed by atoms with Crippen molar-refractivity contribution in [3.8, 4) is 11.6 Å². The molecule has 12 heteroatoms. The predicted octanol–water partition coefficient (Wildman–Crippen LogP) is 5.12. The molecule has 1 aliphatic rings. The summed E-state index contributed by atoms with van der Waals surface area (Å²) in [4.78, 5) is 24.8. The molecule has 2 heterocycles. The summed E-state index contributed by atoms with van der Waals surface area (Å²) < 4.78 is 46.4. The first-order valence-electron chi connectivity index (χ1n) is 11.8. The van der Waals surface area contributed by atoms with E-state index in [1.165, 1.54) is 6.33 Å². The molecule has 0 spiro atoms. The van der Waals surface area contributed by atoms with Gasteiger partial charge in [0.15, 0.2) is 0 Å². The number of anilines is 4. The molecule has 1 saturated heterocycles. The molecule has 0 saturated carbocycles. The summed E-state index contributed by atoms with van der Waals surface area (Å²) in [5.74, 6) is 1.42. The number of nitrogens with zero attached hydrogens (tertiary/aromatic N) is 4. The van der Waals surface area contributed by atoms with Crippen molar-refractivity contribution >= 4 is 28.9 Å². The van der Waals surface area contributed by atoms with E-state index in [1.54, 1.807) is 43.4 Å². The lowest BCUT2D eigenvalue weighted by molar-refractivity contribution is -0.137. The third-order valence-electron chi connectivity index (χ3n) is 5.92. The number of amides is 2. The fourth-order valence-corrected chi connectivity index (χ4v) is 3.90. The molecule has 0 atom stereocenters. The van der Waals surface area contributed by atoms with Gasteiger partial charge in [-0.3, -0.25) is 0 Å². The molecule has 0 bridgehead atoms. The van der Waals surface area contributed by atoms with Crippen LogP contribution in [0.5, 0.6) is 11.6 Å². The first-order valence-corrected chi connectivity index (χ1v) is 11.8. The lowest BCUT2D eigenvalue weighted by Gasteiger charge is -2.36. The molecule has 4 rings (SSSR count). The first kappa shape index (κ1) is 26.0. The smallest absolute Gasteiger partial charge is 0.416 e. The number of halogens is 3. The zero-order valence-electron chi connectivity index (χ0n) is 20.5. The maximum absolute atomic E-state index is 13.6. The van der Waals surface area contributed by atoms with E-state index in [0.29, 0.717) is 41.9 Å². The van der Waals surface area contributed by atoms with Crippen LogP contribution in [0.3, 0.4) is 0 Å². The number of urea groups is 1. The number of benzene rings is 2. The number of likely N-dealkylation sites (N-methyl/N-ethyl adjacent to an activating group) is 1. The van der Waals surface area contributed by atoms with Gasteiger partial charge in [0.05, 0.1) is 5.56 Å². The van der Waals surface area contributed by atoms with Crippen LogP contribution in [-0.4, -0.2) is 60.7 Å². The van der Waals surface area contributed by atoms with Gasteiger partial charge in [0.25, 0.3) is 0 Å². The number of hydrogen-bond donors (Lipinski definition) is 3. The summed E-state index contributed by atoms with van der Waals surface area (Å²) in [6, 6.07) is 11.1. The highest BCUT2D eigenvalue weighted by atomic mass is 19.4. The number of hydrogen-bond acceptors (Lipinski definition) is 7. The SMILES string of the molecule is CCN1CCN(c2cc(NC(=O)Nc3ccc(Oc4cc(NC)ncn4)cc3)cc(C(F)(F)F)c2)CC1. The van der Waals surface area contributed by atoms with Gasteiger partial charge in [0.1, 0.15) is 17.9 Å².